The van der Waals surface area contributed by atoms with Crippen molar-refractivity contribution in [2.45, 2.75) is 24.7 Å². The van der Waals surface area contributed by atoms with Crippen molar-refractivity contribution >= 4 is 21.5 Å². The number of ether oxygens (including phenoxy) is 1. The fraction of sp³-hybridized carbons (Fsp3) is 0.304. The summed E-state index contributed by atoms with van der Waals surface area (Å²) in [5, 5.41) is 8.76. The minimum absolute atomic E-state index is 0.172. The van der Waals surface area contributed by atoms with Crippen LogP contribution in [0.3, 0.4) is 0 Å². The van der Waals surface area contributed by atoms with Gasteiger partial charge in [-0.15, -0.1) is 10.2 Å². The quantitative estimate of drug-likeness (QED) is 0.621. The number of sulfonamides is 1. The Balaban J connectivity index is 1.44. The number of aromatic nitrogens is 2. The van der Waals surface area contributed by atoms with Crippen molar-refractivity contribution in [3.05, 3.63) is 60.7 Å². The predicted molar refractivity (Wildman–Crippen MR) is 122 cm³/mol. The average Bonchev–Trinajstić information content (AvgIpc) is 2.80. The second-order valence-electron chi connectivity index (χ2n) is 7.80. The Bertz CT molecular complexity index is 1110. The summed E-state index contributed by atoms with van der Waals surface area (Å²) in [6, 6.07) is 17.3. The second-order valence-corrected chi connectivity index (χ2v) is 9.49. The van der Waals surface area contributed by atoms with Crippen molar-refractivity contribution in [3.63, 3.8) is 0 Å². The summed E-state index contributed by atoms with van der Waals surface area (Å²) in [4.78, 5) is 2.44. The monoisotopic (exact) mass is 438 g/mol. The van der Waals surface area contributed by atoms with Crippen LogP contribution in [0, 0.1) is 5.92 Å². The Labute approximate surface area is 183 Å². The van der Waals surface area contributed by atoms with Crippen LogP contribution in [0.15, 0.2) is 65.6 Å². The average molecular weight is 439 g/mol. The fourth-order valence-corrected chi connectivity index (χ4v) is 4.62. The van der Waals surface area contributed by atoms with Gasteiger partial charge in [0.15, 0.2) is 5.82 Å². The van der Waals surface area contributed by atoms with Gasteiger partial charge in [0, 0.05) is 24.3 Å². The van der Waals surface area contributed by atoms with Gasteiger partial charge >= 0.3 is 0 Å². The highest BCUT2D eigenvalue weighted by Gasteiger charge is 2.17. The third-order valence-corrected chi connectivity index (χ3v) is 6.96. The van der Waals surface area contributed by atoms with E-state index in [4.69, 9.17) is 4.74 Å². The van der Waals surface area contributed by atoms with Crippen LogP contribution in [0.25, 0.3) is 11.3 Å². The second kappa shape index (κ2) is 8.93. The van der Waals surface area contributed by atoms with E-state index in [-0.39, 0.29) is 4.90 Å². The van der Waals surface area contributed by atoms with Crippen molar-refractivity contribution in [2.75, 3.05) is 29.8 Å². The maximum absolute atomic E-state index is 12.6. The van der Waals surface area contributed by atoms with Crippen molar-refractivity contribution in [1.82, 2.24) is 10.2 Å². The van der Waals surface area contributed by atoms with Gasteiger partial charge < -0.3 is 9.64 Å². The molecule has 2 aromatic carbocycles. The standard InChI is InChI=1S/C23H26N4O3S/c1-17-13-15-27(16-14-17)23-12-11-22(24-25-23)18-3-5-19(6-4-18)26-31(28,29)21-9-7-20(30-2)8-10-21/h3-12,17,26H,13-16H2,1-2H3. The number of nitrogens with zero attached hydrogens (tertiary/aromatic N) is 3. The zero-order chi connectivity index (χ0) is 21.8. The normalized spacial score (nSPS) is 15.0. The molecule has 0 aliphatic carbocycles. The van der Waals surface area contributed by atoms with Crippen LogP contribution in [0.5, 0.6) is 5.75 Å². The highest BCUT2D eigenvalue weighted by Crippen LogP contribution is 2.25. The van der Waals surface area contributed by atoms with Gasteiger partial charge in [-0.3, -0.25) is 4.72 Å². The van der Waals surface area contributed by atoms with Gasteiger partial charge in [-0.2, -0.15) is 0 Å². The molecular formula is C23H26N4O3S. The van der Waals surface area contributed by atoms with E-state index in [0.29, 0.717) is 11.4 Å². The molecule has 1 fully saturated rings. The first-order chi connectivity index (χ1) is 14.9. The highest BCUT2D eigenvalue weighted by molar-refractivity contribution is 7.92. The Morgan fingerprint density at radius 1 is 0.935 bits per heavy atom. The number of rotatable bonds is 6. The van der Waals surface area contributed by atoms with Crippen molar-refractivity contribution in [3.8, 4) is 17.0 Å². The van der Waals surface area contributed by atoms with Crippen molar-refractivity contribution in [1.29, 1.82) is 0 Å². The molecule has 1 aliphatic heterocycles. The summed E-state index contributed by atoms with van der Waals surface area (Å²) >= 11 is 0. The zero-order valence-electron chi connectivity index (χ0n) is 17.7. The van der Waals surface area contributed by atoms with E-state index in [9.17, 15) is 8.42 Å². The summed E-state index contributed by atoms with van der Waals surface area (Å²) in [5.74, 6) is 2.27. The number of nitrogens with one attached hydrogen (secondary N) is 1. The smallest absolute Gasteiger partial charge is 0.261 e. The first kappa shape index (κ1) is 21.1. The molecule has 1 N–H and O–H groups in total. The third kappa shape index (κ3) is 4.96. The molecule has 0 bridgehead atoms. The number of hydrogen-bond acceptors (Lipinski definition) is 6. The van der Waals surface area contributed by atoms with Crippen LogP contribution in [-0.2, 0) is 10.0 Å². The van der Waals surface area contributed by atoms with E-state index in [1.807, 2.05) is 24.3 Å². The molecule has 0 saturated carbocycles. The van der Waals surface area contributed by atoms with Gasteiger partial charge in [-0.1, -0.05) is 19.1 Å². The lowest BCUT2D eigenvalue weighted by atomic mass is 9.99. The molecule has 8 heteroatoms. The summed E-state index contributed by atoms with van der Waals surface area (Å²) in [6.07, 6.45) is 2.36. The van der Waals surface area contributed by atoms with E-state index in [2.05, 4.69) is 26.7 Å². The Hall–Kier alpha value is -3.13. The molecule has 0 spiro atoms. The predicted octanol–water partition coefficient (Wildman–Crippen LogP) is 4.19. The number of anilines is 2. The van der Waals surface area contributed by atoms with Crippen LogP contribution in [-0.4, -0.2) is 38.8 Å². The molecule has 162 valence electrons. The van der Waals surface area contributed by atoms with Gasteiger partial charge in [-0.25, -0.2) is 8.42 Å². The van der Waals surface area contributed by atoms with E-state index in [1.165, 1.54) is 32.1 Å². The summed E-state index contributed by atoms with van der Waals surface area (Å²) in [5.41, 5.74) is 2.10. The largest absolute Gasteiger partial charge is 0.497 e. The lowest BCUT2D eigenvalue weighted by molar-refractivity contribution is 0.414. The third-order valence-electron chi connectivity index (χ3n) is 5.56. The summed E-state index contributed by atoms with van der Waals surface area (Å²) < 4.78 is 32.8. The SMILES string of the molecule is COc1ccc(S(=O)(=O)Nc2ccc(-c3ccc(N4CCC(C)CC4)nn3)cc2)cc1. The minimum Gasteiger partial charge on any atom is -0.497 e. The van der Waals surface area contributed by atoms with Crippen LogP contribution < -0.4 is 14.4 Å². The van der Waals surface area contributed by atoms with E-state index in [1.54, 1.807) is 24.3 Å². The van der Waals surface area contributed by atoms with E-state index >= 15 is 0 Å². The van der Waals surface area contributed by atoms with Crippen LogP contribution in [0.1, 0.15) is 19.8 Å². The molecule has 0 atom stereocenters. The molecule has 7 nitrogen and oxygen atoms in total. The van der Waals surface area contributed by atoms with Gasteiger partial charge in [0.25, 0.3) is 10.0 Å². The van der Waals surface area contributed by atoms with Crippen LogP contribution in [0.4, 0.5) is 11.5 Å². The first-order valence-corrected chi connectivity index (χ1v) is 11.8. The molecule has 1 aromatic heterocycles. The molecular weight excluding hydrogens is 412 g/mol. The van der Waals surface area contributed by atoms with Gasteiger partial charge in [-0.05, 0) is 67.3 Å². The topological polar surface area (TPSA) is 84.4 Å². The van der Waals surface area contributed by atoms with Crippen molar-refractivity contribution in [2.24, 2.45) is 5.92 Å². The molecule has 2 heterocycles. The Kier molecular flexibility index (Phi) is 6.08. The van der Waals surface area contributed by atoms with E-state index < -0.39 is 10.0 Å². The molecule has 0 radical (unpaired) electrons. The van der Waals surface area contributed by atoms with Crippen LogP contribution >= 0.6 is 0 Å². The summed E-state index contributed by atoms with van der Waals surface area (Å²) in [7, 11) is -2.14. The maximum Gasteiger partial charge on any atom is 0.261 e. The van der Waals surface area contributed by atoms with Crippen molar-refractivity contribution < 1.29 is 13.2 Å². The minimum atomic E-state index is -3.68. The van der Waals surface area contributed by atoms with Crippen LogP contribution in [0.2, 0.25) is 0 Å². The number of benzene rings is 2. The van der Waals surface area contributed by atoms with Gasteiger partial charge in [0.2, 0.25) is 0 Å². The lowest BCUT2D eigenvalue weighted by Crippen LogP contribution is -2.33. The lowest BCUT2D eigenvalue weighted by Gasteiger charge is -2.30. The maximum atomic E-state index is 12.6. The molecule has 3 aromatic rings. The fourth-order valence-electron chi connectivity index (χ4n) is 3.56. The number of hydrogen-bond donors (Lipinski definition) is 1. The molecule has 31 heavy (non-hydrogen) atoms. The van der Waals surface area contributed by atoms with Gasteiger partial charge in [0.05, 0.1) is 17.7 Å². The molecule has 1 aliphatic rings. The van der Waals surface area contributed by atoms with Gasteiger partial charge in [0.1, 0.15) is 5.75 Å². The molecule has 0 amide bonds. The molecule has 0 unspecified atom stereocenters. The first-order valence-electron chi connectivity index (χ1n) is 10.3. The van der Waals surface area contributed by atoms with E-state index in [0.717, 1.165) is 36.1 Å². The number of methoxy groups -OCH3 is 1. The summed E-state index contributed by atoms with van der Waals surface area (Å²) in [6.45, 7) is 4.31. The zero-order valence-corrected chi connectivity index (χ0v) is 18.5. The Morgan fingerprint density at radius 3 is 2.19 bits per heavy atom. The number of piperidine rings is 1. The molecule has 4 rings (SSSR count). The highest BCUT2D eigenvalue weighted by atomic mass is 32.2. The molecule has 1 saturated heterocycles. The Morgan fingerprint density at radius 2 is 1.61 bits per heavy atom.